The Balaban J connectivity index is 1.40. The highest BCUT2D eigenvalue weighted by Crippen LogP contribution is 2.32. The van der Waals surface area contributed by atoms with Crippen LogP contribution in [0.5, 0.6) is 5.75 Å². The van der Waals surface area contributed by atoms with Gasteiger partial charge in [-0.1, -0.05) is 36.2 Å². The van der Waals surface area contributed by atoms with Crippen molar-refractivity contribution in [1.82, 2.24) is 9.88 Å². The van der Waals surface area contributed by atoms with E-state index in [-0.39, 0.29) is 32.9 Å². The maximum Gasteiger partial charge on any atom is 0.263 e. The molecule has 1 fully saturated rings. The van der Waals surface area contributed by atoms with Crippen molar-refractivity contribution < 1.29 is 17.5 Å². The number of piperidine rings is 1. The van der Waals surface area contributed by atoms with Crippen molar-refractivity contribution in [1.29, 1.82) is 0 Å². The van der Waals surface area contributed by atoms with E-state index in [1.54, 1.807) is 29.1 Å². The minimum absolute atomic E-state index is 0.0389. The Morgan fingerprint density at radius 3 is 2.74 bits per heavy atom. The molecule has 1 aromatic heterocycles. The van der Waals surface area contributed by atoms with Gasteiger partial charge in [0.15, 0.2) is 5.82 Å². The lowest BCUT2D eigenvalue weighted by Crippen LogP contribution is -2.45. The summed E-state index contributed by atoms with van der Waals surface area (Å²) < 4.78 is 47.2. The molecule has 0 aliphatic carbocycles. The van der Waals surface area contributed by atoms with Gasteiger partial charge >= 0.3 is 0 Å². The number of ether oxygens (including phenoxy) is 1. The zero-order valence-electron chi connectivity index (χ0n) is 18.4. The lowest BCUT2D eigenvalue weighted by atomic mass is 9.96. The maximum absolute atomic E-state index is 13.5. The minimum Gasteiger partial charge on any atom is -0.489 e. The summed E-state index contributed by atoms with van der Waals surface area (Å²) in [7, 11) is -3.80. The SMILES string of the molecule is CC[C@@H]1C[C@@H](Oc2ccc(S(=O)(=O)Nc3cscn3)cc2Cl)CCN1Cc1ccc(F)c(Cl)c1. The molecule has 2 aromatic carbocycles. The minimum atomic E-state index is -3.80. The third-order valence-electron chi connectivity index (χ3n) is 5.81. The topological polar surface area (TPSA) is 71.5 Å². The Morgan fingerprint density at radius 2 is 2.06 bits per heavy atom. The number of nitrogens with zero attached hydrogens (tertiary/aromatic N) is 2. The fourth-order valence-electron chi connectivity index (χ4n) is 4.06. The van der Waals surface area contributed by atoms with Crippen molar-refractivity contribution in [2.45, 2.75) is 49.8 Å². The number of rotatable bonds is 8. The zero-order chi connectivity index (χ0) is 24.3. The summed E-state index contributed by atoms with van der Waals surface area (Å²) in [4.78, 5) is 6.33. The zero-order valence-corrected chi connectivity index (χ0v) is 21.5. The first-order valence-corrected chi connectivity index (χ1v) is 14.0. The molecule has 6 nitrogen and oxygen atoms in total. The van der Waals surface area contributed by atoms with Crippen LogP contribution in [0.3, 0.4) is 0 Å². The molecule has 2 atom stereocenters. The fourth-order valence-corrected chi connectivity index (χ4v) is 6.14. The van der Waals surface area contributed by atoms with Crippen LogP contribution in [-0.2, 0) is 16.6 Å². The van der Waals surface area contributed by atoms with E-state index < -0.39 is 15.8 Å². The highest BCUT2D eigenvalue weighted by molar-refractivity contribution is 7.92. The summed E-state index contributed by atoms with van der Waals surface area (Å²) in [6.45, 7) is 3.62. The van der Waals surface area contributed by atoms with Crippen LogP contribution in [0.15, 0.2) is 52.2 Å². The van der Waals surface area contributed by atoms with Gasteiger partial charge in [0.1, 0.15) is 17.7 Å². The van der Waals surface area contributed by atoms with E-state index in [9.17, 15) is 12.8 Å². The summed E-state index contributed by atoms with van der Waals surface area (Å²) in [5.41, 5.74) is 2.51. The van der Waals surface area contributed by atoms with E-state index in [1.807, 2.05) is 0 Å². The number of halogens is 3. The van der Waals surface area contributed by atoms with Crippen LogP contribution in [0.4, 0.5) is 10.2 Å². The number of anilines is 1. The summed E-state index contributed by atoms with van der Waals surface area (Å²) >= 11 is 13.6. The van der Waals surface area contributed by atoms with Gasteiger partial charge in [-0.05, 0) is 55.2 Å². The second kappa shape index (κ2) is 10.8. The van der Waals surface area contributed by atoms with Crippen molar-refractivity contribution >= 4 is 50.4 Å². The van der Waals surface area contributed by atoms with Gasteiger partial charge in [0.2, 0.25) is 0 Å². The van der Waals surface area contributed by atoms with Gasteiger partial charge in [0.25, 0.3) is 10.0 Å². The van der Waals surface area contributed by atoms with Crippen LogP contribution in [0.1, 0.15) is 31.7 Å². The van der Waals surface area contributed by atoms with Gasteiger partial charge < -0.3 is 4.74 Å². The fraction of sp³-hybridized carbons (Fsp3) is 0.348. The monoisotopic (exact) mass is 543 g/mol. The smallest absolute Gasteiger partial charge is 0.263 e. The molecule has 11 heteroatoms. The predicted molar refractivity (Wildman–Crippen MR) is 134 cm³/mol. The quantitative estimate of drug-likeness (QED) is 0.365. The number of nitrogens with one attached hydrogen (secondary N) is 1. The van der Waals surface area contributed by atoms with Crippen molar-refractivity contribution in [3.63, 3.8) is 0 Å². The third kappa shape index (κ3) is 6.01. The van der Waals surface area contributed by atoms with Crippen molar-refractivity contribution in [2.24, 2.45) is 0 Å². The van der Waals surface area contributed by atoms with E-state index in [0.717, 1.165) is 31.4 Å². The van der Waals surface area contributed by atoms with E-state index in [2.05, 4.69) is 21.5 Å². The molecule has 34 heavy (non-hydrogen) atoms. The summed E-state index contributed by atoms with van der Waals surface area (Å²) in [5, 5.41) is 1.97. The van der Waals surface area contributed by atoms with Gasteiger partial charge in [0.05, 0.1) is 20.5 Å². The van der Waals surface area contributed by atoms with Crippen LogP contribution in [-0.4, -0.2) is 37.0 Å². The number of aromatic nitrogens is 1. The van der Waals surface area contributed by atoms with E-state index in [1.165, 1.54) is 29.5 Å². The second-order valence-corrected chi connectivity index (χ2v) is 11.3. The van der Waals surface area contributed by atoms with Crippen LogP contribution in [0.25, 0.3) is 0 Å². The van der Waals surface area contributed by atoms with Crippen LogP contribution < -0.4 is 9.46 Å². The van der Waals surface area contributed by atoms with Crippen molar-refractivity contribution in [3.8, 4) is 5.75 Å². The Kier molecular flexibility index (Phi) is 7.99. The van der Waals surface area contributed by atoms with Crippen LogP contribution in [0, 0.1) is 5.82 Å². The molecule has 1 N–H and O–H groups in total. The first-order valence-electron chi connectivity index (χ1n) is 10.8. The summed E-state index contributed by atoms with van der Waals surface area (Å²) in [5.74, 6) is 0.300. The molecule has 0 radical (unpaired) electrons. The molecule has 0 saturated carbocycles. The molecule has 2 heterocycles. The van der Waals surface area contributed by atoms with Crippen LogP contribution >= 0.6 is 34.5 Å². The Labute approximate surface area is 212 Å². The molecule has 0 unspecified atom stereocenters. The summed E-state index contributed by atoms with van der Waals surface area (Å²) in [6, 6.07) is 9.55. The first-order chi connectivity index (χ1) is 16.2. The molecule has 0 amide bonds. The molecule has 0 bridgehead atoms. The molecule has 4 rings (SSSR count). The number of thiazole rings is 1. The predicted octanol–water partition coefficient (Wildman–Crippen LogP) is 6.21. The average Bonchev–Trinajstić information content (AvgIpc) is 3.31. The van der Waals surface area contributed by atoms with Gasteiger partial charge in [-0.3, -0.25) is 9.62 Å². The lowest BCUT2D eigenvalue weighted by molar-refractivity contribution is 0.0492. The number of hydrogen-bond acceptors (Lipinski definition) is 6. The van der Waals surface area contributed by atoms with Gasteiger partial charge in [-0.25, -0.2) is 17.8 Å². The Morgan fingerprint density at radius 1 is 1.24 bits per heavy atom. The molecule has 3 aromatic rings. The molecule has 1 aliphatic rings. The standard InChI is InChI=1S/C23H24Cl2FN3O3S2/c1-2-16-10-17(7-8-29(16)12-15-3-5-21(26)19(24)9-15)32-22-6-4-18(11-20(22)25)34(30,31)28-23-13-33-14-27-23/h3-6,9,11,13-14,16-17,28H,2,7-8,10,12H2,1H3/t16-,17+/m1/s1. The molecule has 182 valence electrons. The number of likely N-dealkylation sites (tertiary alicyclic amines) is 1. The highest BCUT2D eigenvalue weighted by atomic mass is 35.5. The molecule has 1 saturated heterocycles. The van der Waals surface area contributed by atoms with E-state index in [0.29, 0.717) is 12.3 Å². The highest BCUT2D eigenvalue weighted by Gasteiger charge is 2.29. The maximum atomic E-state index is 13.5. The first kappa shape index (κ1) is 25.2. The largest absolute Gasteiger partial charge is 0.489 e. The molecular weight excluding hydrogens is 520 g/mol. The molecule has 1 aliphatic heterocycles. The Hall–Kier alpha value is -1.91. The van der Waals surface area contributed by atoms with Gasteiger partial charge in [-0.2, -0.15) is 0 Å². The van der Waals surface area contributed by atoms with Crippen molar-refractivity contribution in [2.75, 3.05) is 11.3 Å². The van der Waals surface area contributed by atoms with Gasteiger partial charge in [-0.15, -0.1) is 11.3 Å². The average molecular weight is 545 g/mol. The number of hydrogen-bond donors (Lipinski definition) is 1. The second-order valence-electron chi connectivity index (χ2n) is 8.12. The van der Waals surface area contributed by atoms with Gasteiger partial charge in [0, 0.05) is 24.5 Å². The van der Waals surface area contributed by atoms with E-state index >= 15 is 0 Å². The number of benzene rings is 2. The number of sulfonamides is 1. The van der Waals surface area contributed by atoms with E-state index in [4.69, 9.17) is 27.9 Å². The molecular formula is C23H24Cl2FN3O3S2. The molecule has 0 spiro atoms. The normalized spacial score (nSPS) is 19.2. The Bertz CT molecular complexity index is 1240. The third-order valence-corrected chi connectivity index (χ3v) is 8.33. The summed E-state index contributed by atoms with van der Waals surface area (Å²) in [6.07, 6.45) is 2.47. The van der Waals surface area contributed by atoms with Crippen LogP contribution in [0.2, 0.25) is 10.0 Å². The van der Waals surface area contributed by atoms with Crippen molar-refractivity contribution in [3.05, 3.63) is 68.7 Å². The lowest BCUT2D eigenvalue weighted by Gasteiger charge is -2.39.